The fraction of sp³-hybridized carbons (Fsp3) is 0.538. The summed E-state index contributed by atoms with van der Waals surface area (Å²) >= 11 is 1.58. The highest BCUT2D eigenvalue weighted by molar-refractivity contribution is 7.15. The van der Waals surface area contributed by atoms with Crippen molar-refractivity contribution in [3.8, 4) is 0 Å². The highest BCUT2D eigenvalue weighted by atomic mass is 32.1. The van der Waals surface area contributed by atoms with Crippen LogP contribution in [0.15, 0.2) is 11.6 Å². The number of thiazole rings is 1. The first kappa shape index (κ1) is 14.8. The van der Waals surface area contributed by atoms with Crippen LogP contribution >= 0.6 is 11.3 Å². The van der Waals surface area contributed by atoms with Gasteiger partial charge < -0.3 is 16.0 Å². The molecule has 2 heterocycles. The molecule has 0 radical (unpaired) electrons. The first-order valence-corrected chi connectivity index (χ1v) is 7.53. The van der Waals surface area contributed by atoms with Crippen molar-refractivity contribution in [2.24, 2.45) is 11.7 Å². The summed E-state index contributed by atoms with van der Waals surface area (Å²) in [5.41, 5.74) is 6.43. The van der Waals surface area contributed by atoms with E-state index in [1.54, 1.807) is 11.3 Å². The summed E-state index contributed by atoms with van der Waals surface area (Å²) in [6.07, 6.45) is 2.00. The third kappa shape index (κ3) is 3.10. The molecule has 20 heavy (non-hydrogen) atoms. The topological polar surface area (TPSA) is 75.7 Å². The summed E-state index contributed by atoms with van der Waals surface area (Å²) in [6.45, 7) is 5.87. The number of amides is 1. The average molecular weight is 295 g/mol. The maximum absolute atomic E-state index is 11.3. The minimum Gasteiger partial charge on any atom is -0.368 e. The van der Waals surface area contributed by atoms with E-state index < -0.39 is 0 Å². The molecule has 0 unspecified atom stereocenters. The zero-order chi connectivity index (χ0) is 14.7. The van der Waals surface area contributed by atoms with Gasteiger partial charge in [-0.2, -0.15) is 0 Å². The van der Waals surface area contributed by atoms with Gasteiger partial charge in [0, 0.05) is 24.7 Å². The molecule has 0 aliphatic carbocycles. The maximum atomic E-state index is 11.3. The van der Waals surface area contributed by atoms with Crippen molar-refractivity contribution in [2.75, 3.05) is 25.0 Å². The van der Waals surface area contributed by atoms with Crippen LogP contribution in [0, 0.1) is 5.92 Å². The molecule has 7 heteroatoms. The highest BCUT2D eigenvalue weighted by Crippen LogP contribution is 2.25. The number of aromatic nitrogens is 2. The Balaban J connectivity index is 2.42. The van der Waals surface area contributed by atoms with Crippen molar-refractivity contribution in [3.63, 3.8) is 0 Å². The first-order chi connectivity index (χ1) is 9.52. The molecule has 1 amide bonds. The van der Waals surface area contributed by atoms with Gasteiger partial charge in [-0.15, -0.1) is 11.3 Å². The van der Waals surface area contributed by atoms with Gasteiger partial charge in [-0.05, 0) is 13.0 Å². The summed E-state index contributed by atoms with van der Waals surface area (Å²) in [5.74, 6) is 0.938. The van der Waals surface area contributed by atoms with Gasteiger partial charge in [-0.3, -0.25) is 9.20 Å². The third-order valence-corrected chi connectivity index (χ3v) is 3.67. The SMILES string of the molecule is CNCc1c(N(CC(N)=O)CC(C)C)nc2sccn12. The number of imidazole rings is 1. The van der Waals surface area contributed by atoms with E-state index in [9.17, 15) is 4.79 Å². The van der Waals surface area contributed by atoms with Crippen molar-refractivity contribution in [1.29, 1.82) is 0 Å². The molecule has 2 aromatic rings. The predicted octanol–water partition coefficient (Wildman–Crippen LogP) is 1.06. The van der Waals surface area contributed by atoms with Gasteiger partial charge in [0.15, 0.2) is 10.8 Å². The number of anilines is 1. The van der Waals surface area contributed by atoms with Gasteiger partial charge in [-0.25, -0.2) is 4.98 Å². The lowest BCUT2D eigenvalue weighted by atomic mass is 10.2. The highest BCUT2D eigenvalue weighted by Gasteiger charge is 2.20. The summed E-state index contributed by atoms with van der Waals surface area (Å²) in [5, 5.41) is 5.16. The lowest BCUT2D eigenvalue weighted by Crippen LogP contribution is -2.37. The van der Waals surface area contributed by atoms with Crippen molar-refractivity contribution in [3.05, 3.63) is 17.3 Å². The summed E-state index contributed by atoms with van der Waals surface area (Å²) in [7, 11) is 1.90. The molecule has 0 aromatic carbocycles. The third-order valence-electron chi connectivity index (χ3n) is 2.92. The van der Waals surface area contributed by atoms with E-state index in [2.05, 4.69) is 28.5 Å². The Kier molecular flexibility index (Phi) is 4.61. The van der Waals surface area contributed by atoms with Crippen LogP contribution in [0.1, 0.15) is 19.5 Å². The smallest absolute Gasteiger partial charge is 0.236 e. The molecule has 0 spiro atoms. The van der Waals surface area contributed by atoms with E-state index in [0.29, 0.717) is 12.5 Å². The number of nitrogens with two attached hydrogens (primary N) is 1. The number of primary amides is 1. The number of fused-ring (bicyclic) bond motifs is 1. The van der Waals surface area contributed by atoms with Crippen LogP contribution in [-0.2, 0) is 11.3 Å². The predicted molar refractivity (Wildman–Crippen MR) is 82.1 cm³/mol. The molecule has 0 fully saturated rings. The number of hydrogen-bond donors (Lipinski definition) is 2. The molecule has 2 aromatic heterocycles. The van der Waals surface area contributed by atoms with E-state index in [0.717, 1.165) is 23.0 Å². The van der Waals surface area contributed by atoms with Gasteiger partial charge in [-0.1, -0.05) is 13.8 Å². The van der Waals surface area contributed by atoms with Crippen LogP contribution < -0.4 is 16.0 Å². The number of hydrogen-bond acceptors (Lipinski definition) is 5. The minimum atomic E-state index is -0.336. The van der Waals surface area contributed by atoms with E-state index in [1.165, 1.54) is 0 Å². The fourth-order valence-electron chi connectivity index (χ4n) is 2.26. The Hall–Kier alpha value is -1.60. The number of nitrogens with one attached hydrogen (secondary N) is 1. The summed E-state index contributed by atoms with van der Waals surface area (Å²) < 4.78 is 2.06. The average Bonchev–Trinajstić information content (AvgIpc) is 2.90. The number of nitrogens with zero attached hydrogens (tertiary/aromatic N) is 3. The molecule has 3 N–H and O–H groups in total. The van der Waals surface area contributed by atoms with Crippen LogP contribution in [0.4, 0.5) is 5.82 Å². The normalized spacial score (nSPS) is 11.4. The van der Waals surface area contributed by atoms with Gasteiger partial charge >= 0.3 is 0 Å². The van der Waals surface area contributed by atoms with Gasteiger partial charge in [0.25, 0.3) is 0 Å². The van der Waals surface area contributed by atoms with E-state index >= 15 is 0 Å². The number of carbonyl (C=O) groups excluding carboxylic acids is 1. The van der Waals surface area contributed by atoms with Gasteiger partial charge in [0.1, 0.15) is 0 Å². The van der Waals surface area contributed by atoms with E-state index in [4.69, 9.17) is 5.73 Å². The van der Waals surface area contributed by atoms with Crippen molar-refractivity contribution in [1.82, 2.24) is 14.7 Å². The Morgan fingerprint density at radius 2 is 2.35 bits per heavy atom. The minimum absolute atomic E-state index is 0.194. The van der Waals surface area contributed by atoms with Crippen molar-refractivity contribution >= 4 is 28.0 Å². The van der Waals surface area contributed by atoms with Gasteiger partial charge in [0.2, 0.25) is 5.91 Å². The quantitative estimate of drug-likeness (QED) is 0.801. The van der Waals surface area contributed by atoms with Crippen LogP contribution in [0.3, 0.4) is 0 Å². The standard InChI is InChI=1S/C13H21N5OS/c1-9(2)7-17(8-11(14)19)12-10(6-15-3)18-4-5-20-13(18)16-12/h4-5,9,15H,6-8H2,1-3H3,(H2,14,19). The summed E-state index contributed by atoms with van der Waals surface area (Å²) in [6, 6.07) is 0. The lowest BCUT2D eigenvalue weighted by Gasteiger charge is -2.24. The Morgan fingerprint density at radius 3 is 2.95 bits per heavy atom. The molecule has 0 saturated heterocycles. The van der Waals surface area contributed by atoms with Crippen LogP contribution in [0.5, 0.6) is 0 Å². The van der Waals surface area contributed by atoms with Crippen LogP contribution in [-0.4, -0.2) is 35.4 Å². The fourth-order valence-corrected chi connectivity index (χ4v) is 2.99. The van der Waals surface area contributed by atoms with Crippen molar-refractivity contribution in [2.45, 2.75) is 20.4 Å². The molecular formula is C13H21N5OS. The number of rotatable bonds is 7. The Morgan fingerprint density at radius 1 is 1.60 bits per heavy atom. The van der Waals surface area contributed by atoms with Crippen molar-refractivity contribution < 1.29 is 4.79 Å². The number of carbonyl (C=O) groups is 1. The Bertz CT molecular complexity index is 589. The largest absolute Gasteiger partial charge is 0.368 e. The molecule has 0 aliphatic heterocycles. The maximum Gasteiger partial charge on any atom is 0.236 e. The zero-order valence-electron chi connectivity index (χ0n) is 12.1. The molecule has 0 atom stereocenters. The molecule has 0 aliphatic rings. The van der Waals surface area contributed by atoms with E-state index in [-0.39, 0.29) is 12.5 Å². The molecule has 6 nitrogen and oxygen atoms in total. The summed E-state index contributed by atoms with van der Waals surface area (Å²) in [4.78, 5) is 18.9. The van der Waals surface area contributed by atoms with Crippen LogP contribution in [0.2, 0.25) is 0 Å². The monoisotopic (exact) mass is 295 g/mol. The lowest BCUT2D eigenvalue weighted by molar-refractivity contribution is -0.116. The molecular weight excluding hydrogens is 274 g/mol. The van der Waals surface area contributed by atoms with E-state index in [1.807, 2.05) is 23.5 Å². The second-order valence-corrected chi connectivity index (χ2v) is 6.08. The first-order valence-electron chi connectivity index (χ1n) is 6.65. The second-order valence-electron chi connectivity index (χ2n) is 5.21. The van der Waals surface area contributed by atoms with Crippen LogP contribution in [0.25, 0.3) is 4.96 Å². The second kappa shape index (κ2) is 6.23. The zero-order valence-corrected chi connectivity index (χ0v) is 12.9. The molecule has 110 valence electrons. The molecule has 0 saturated carbocycles. The molecule has 2 rings (SSSR count). The van der Waals surface area contributed by atoms with Gasteiger partial charge in [0.05, 0.1) is 12.2 Å². The molecule has 0 bridgehead atoms. The Labute approximate surface area is 122 Å².